The lowest BCUT2D eigenvalue weighted by atomic mass is 10.0. The highest BCUT2D eigenvalue weighted by atomic mass is 16.7. The molecule has 26 heavy (non-hydrogen) atoms. The van der Waals surface area contributed by atoms with Gasteiger partial charge in [0.1, 0.15) is 5.76 Å². The number of aryl methyl sites for hydroxylation is 2. The van der Waals surface area contributed by atoms with Crippen molar-refractivity contribution in [3.05, 3.63) is 41.8 Å². The highest BCUT2D eigenvalue weighted by Gasteiger charge is 2.41. The predicted octanol–water partition coefficient (Wildman–Crippen LogP) is 3.52. The van der Waals surface area contributed by atoms with Crippen molar-refractivity contribution >= 4 is 5.97 Å². The summed E-state index contributed by atoms with van der Waals surface area (Å²) < 4.78 is 21.7. The van der Waals surface area contributed by atoms with Crippen LogP contribution in [-0.2, 0) is 25.4 Å². The highest BCUT2D eigenvalue weighted by Crippen LogP contribution is 2.26. The zero-order valence-electron chi connectivity index (χ0n) is 15.5. The Balaban J connectivity index is 1.49. The van der Waals surface area contributed by atoms with Gasteiger partial charge >= 0.3 is 5.97 Å². The van der Waals surface area contributed by atoms with Crippen molar-refractivity contribution < 1.29 is 23.4 Å². The third kappa shape index (κ3) is 4.14. The van der Waals surface area contributed by atoms with E-state index >= 15 is 0 Å². The topological polar surface area (TPSA) is 70.8 Å². The Kier molecular flexibility index (Phi) is 5.74. The number of hydrogen-bond donors (Lipinski definition) is 0. The van der Waals surface area contributed by atoms with Gasteiger partial charge in [-0.15, -0.1) is 0 Å². The van der Waals surface area contributed by atoms with Crippen LogP contribution in [0.4, 0.5) is 0 Å². The Morgan fingerprint density at radius 2 is 1.96 bits per heavy atom. The van der Waals surface area contributed by atoms with Crippen molar-refractivity contribution in [3.63, 3.8) is 0 Å². The largest absolute Gasteiger partial charge is 0.465 e. The zero-order valence-corrected chi connectivity index (χ0v) is 15.5. The van der Waals surface area contributed by atoms with Crippen LogP contribution in [0.15, 0.2) is 34.7 Å². The Morgan fingerprint density at radius 1 is 1.27 bits per heavy atom. The van der Waals surface area contributed by atoms with Crippen LogP contribution in [0.2, 0.25) is 0 Å². The molecule has 2 aromatic rings. The van der Waals surface area contributed by atoms with Gasteiger partial charge in [0.15, 0.2) is 0 Å². The molecule has 6 nitrogen and oxygen atoms in total. The Hall–Kier alpha value is -2.18. The van der Waals surface area contributed by atoms with Gasteiger partial charge in [-0.2, -0.15) is 0 Å². The third-order valence-corrected chi connectivity index (χ3v) is 4.68. The van der Waals surface area contributed by atoms with E-state index in [-0.39, 0.29) is 5.92 Å². The van der Waals surface area contributed by atoms with Gasteiger partial charge in [0, 0.05) is 18.4 Å². The molecule has 2 heterocycles. The molecular formula is C20H25NO5. The normalized spacial score (nSPS) is 23.0. The number of rotatable bonds is 6. The van der Waals surface area contributed by atoms with Gasteiger partial charge in [-0.1, -0.05) is 18.2 Å². The number of methoxy groups -OCH3 is 1. The smallest absolute Gasteiger partial charge is 0.366 e. The number of carbonyl (C=O) groups is 1. The summed E-state index contributed by atoms with van der Waals surface area (Å²) in [6.45, 7) is 4.51. The fourth-order valence-electron chi connectivity index (χ4n) is 3.04. The molecule has 140 valence electrons. The van der Waals surface area contributed by atoms with Gasteiger partial charge in [-0.3, -0.25) is 0 Å². The maximum atomic E-state index is 11.7. The molecule has 1 aliphatic rings. The first-order valence-corrected chi connectivity index (χ1v) is 8.90. The first kappa shape index (κ1) is 18.6. The van der Waals surface area contributed by atoms with Crippen LogP contribution in [0.25, 0.3) is 11.5 Å². The number of nitrogens with zero attached hydrogens (tertiary/aromatic N) is 1. The summed E-state index contributed by atoms with van der Waals surface area (Å²) in [5, 5.41) is 0. The maximum absolute atomic E-state index is 11.7. The second-order valence-corrected chi connectivity index (χ2v) is 6.71. The first-order valence-electron chi connectivity index (χ1n) is 8.90. The fraction of sp³-hybridized carbons (Fsp3) is 0.500. The highest BCUT2D eigenvalue weighted by molar-refractivity contribution is 5.77. The molecule has 1 saturated heterocycles. The number of esters is 1. The molecule has 0 radical (unpaired) electrons. The summed E-state index contributed by atoms with van der Waals surface area (Å²) in [6.07, 6.45) is 2.73. The lowest BCUT2D eigenvalue weighted by Crippen LogP contribution is -2.48. The van der Waals surface area contributed by atoms with Crippen LogP contribution in [0, 0.1) is 12.8 Å². The van der Waals surface area contributed by atoms with E-state index in [4.69, 9.17) is 18.6 Å². The Bertz CT molecular complexity index is 732. The third-order valence-electron chi connectivity index (χ3n) is 4.68. The molecule has 0 unspecified atom stereocenters. The van der Waals surface area contributed by atoms with Gasteiger partial charge in [0.2, 0.25) is 5.89 Å². The van der Waals surface area contributed by atoms with Crippen LogP contribution >= 0.6 is 0 Å². The zero-order chi connectivity index (χ0) is 18.6. The van der Waals surface area contributed by atoms with Gasteiger partial charge in [-0.05, 0) is 38.3 Å². The summed E-state index contributed by atoms with van der Waals surface area (Å²) in [5.41, 5.74) is 1.97. The molecule has 0 saturated carbocycles. The molecular weight excluding hydrogens is 334 g/mol. The van der Waals surface area contributed by atoms with Crippen LogP contribution in [0.3, 0.4) is 0 Å². The van der Waals surface area contributed by atoms with Crippen molar-refractivity contribution in [3.8, 4) is 11.5 Å². The van der Waals surface area contributed by atoms with Crippen molar-refractivity contribution in [1.29, 1.82) is 0 Å². The van der Waals surface area contributed by atoms with Crippen LogP contribution < -0.4 is 0 Å². The van der Waals surface area contributed by atoms with E-state index < -0.39 is 11.8 Å². The maximum Gasteiger partial charge on any atom is 0.366 e. The van der Waals surface area contributed by atoms with Gasteiger partial charge < -0.3 is 18.6 Å². The van der Waals surface area contributed by atoms with Crippen molar-refractivity contribution in [1.82, 2.24) is 4.98 Å². The molecule has 1 aromatic carbocycles. The average Bonchev–Trinajstić information content (AvgIpc) is 3.04. The minimum Gasteiger partial charge on any atom is -0.465 e. The van der Waals surface area contributed by atoms with E-state index in [1.807, 2.05) is 37.3 Å². The second-order valence-electron chi connectivity index (χ2n) is 6.71. The van der Waals surface area contributed by atoms with Gasteiger partial charge in [0.05, 0.1) is 26.0 Å². The van der Waals surface area contributed by atoms with E-state index in [1.54, 1.807) is 6.92 Å². The van der Waals surface area contributed by atoms with E-state index in [1.165, 1.54) is 7.11 Å². The van der Waals surface area contributed by atoms with Crippen LogP contribution in [-0.4, -0.2) is 37.1 Å². The molecule has 0 bridgehead atoms. The molecule has 1 aliphatic heterocycles. The molecule has 0 atom stereocenters. The summed E-state index contributed by atoms with van der Waals surface area (Å²) in [4.78, 5) is 16.3. The standard InChI is InChI=1S/C20H25NO5/c1-14-17(21-18(26-14)16-9-5-4-6-10-16)11-7-8-15-12-24-20(2,25-13-15)19(22)23-3/h4-6,9-10,15H,7-8,11-13H2,1-3H3. The summed E-state index contributed by atoms with van der Waals surface area (Å²) in [5.74, 6) is 0.00381. The molecule has 3 rings (SSSR count). The summed E-state index contributed by atoms with van der Waals surface area (Å²) in [6, 6.07) is 9.90. The van der Waals surface area contributed by atoms with Crippen LogP contribution in [0.1, 0.15) is 31.2 Å². The summed E-state index contributed by atoms with van der Waals surface area (Å²) >= 11 is 0. The predicted molar refractivity (Wildman–Crippen MR) is 95.4 cm³/mol. The number of benzene rings is 1. The molecule has 1 fully saturated rings. The van der Waals surface area contributed by atoms with E-state index in [0.717, 1.165) is 36.3 Å². The number of oxazole rings is 1. The number of aromatic nitrogens is 1. The van der Waals surface area contributed by atoms with Crippen molar-refractivity contribution in [2.45, 2.75) is 38.9 Å². The lowest BCUT2D eigenvalue weighted by molar-refractivity contribution is -0.272. The van der Waals surface area contributed by atoms with Gasteiger partial charge in [0.25, 0.3) is 5.79 Å². The van der Waals surface area contributed by atoms with Crippen LogP contribution in [0.5, 0.6) is 0 Å². The molecule has 0 amide bonds. The van der Waals surface area contributed by atoms with Crippen molar-refractivity contribution in [2.75, 3.05) is 20.3 Å². The number of ether oxygens (including phenoxy) is 3. The van der Waals surface area contributed by atoms with Crippen molar-refractivity contribution in [2.24, 2.45) is 5.92 Å². The molecule has 6 heteroatoms. The lowest BCUT2D eigenvalue weighted by Gasteiger charge is -2.35. The second kappa shape index (κ2) is 8.01. The van der Waals surface area contributed by atoms with E-state index in [0.29, 0.717) is 19.1 Å². The Morgan fingerprint density at radius 3 is 2.62 bits per heavy atom. The number of carbonyl (C=O) groups excluding carboxylic acids is 1. The molecule has 0 spiro atoms. The molecule has 0 N–H and O–H groups in total. The van der Waals surface area contributed by atoms with E-state index in [9.17, 15) is 4.79 Å². The average molecular weight is 359 g/mol. The first-order chi connectivity index (χ1) is 12.5. The SMILES string of the molecule is COC(=O)C1(C)OCC(CCCc2nc(-c3ccccc3)oc2C)CO1. The fourth-order valence-corrected chi connectivity index (χ4v) is 3.04. The monoisotopic (exact) mass is 359 g/mol. The Labute approximate surface area is 153 Å². The minimum atomic E-state index is -1.28. The van der Waals surface area contributed by atoms with Gasteiger partial charge in [-0.25, -0.2) is 9.78 Å². The number of hydrogen-bond acceptors (Lipinski definition) is 6. The quantitative estimate of drug-likeness (QED) is 0.735. The molecule has 0 aliphatic carbocycles. The molecule has 1 aromatic heterocycles. The summed E-state index contributed by atoms with van der Waals surface area (Å²) in [7, 11) is 1.33. The minimum absolute atomic E-state index is 0.258. The van der Waals surface area contributed by atoms with E-state index in [2.05, 4.69) is 4.98 Å².